The molecule has 0 aliphatic carbocycles. The highest BCUT2D eigenvalue weighted by Gasteiger charge is 2.17. The zero-order chi connectivity index (χ0) is 21.6. The van der Waals surface area contributed by atoms with Gasteiger partial charge in [0.2, 0.25) is 0 Å². The molecule has 8 heteroatoms. The minimum atomic E-state index is -0.535. The van der Waals surface area contributed by atoms with E-state index in [1.807, 2.05) is 56.5 Å². The number of ether oxygens (including phenoxy) is 3. The minimum absolute atomic E-state index is 0. The molecule has 2 heterocycles. The van der Waals surface area contributed by atoms with Gasteiger partial charge in [-0.2, -0.15) is 0 Å². The van der Waals surface area contributed by atoms with Crippen molar-refractivity contribution in [3.63, 3.8) is 0 Å². The minimum Gasteiger partial charge on any atom is -0.496 e. The van der Waals surface area contributed by atoms with Crippen molar-refractivity contribution in [2.24, 2.45) is 0 Å². The fourth-order valence-electron chi connectivity index (χ4n) is 2.60. The van der Waals surface area contributed by atoms with Crippen molar-refractivity contribution in [2.75, 3.05) is 7.11 Å². The second-order valence-electron chi connectivity index (χ2n) is 7.49. The fraction of sp³-hybridized carbons (Fsp3) is 0.318. The highest BCUT2D eigenvalue weighted by molar-refractivity contribution is 7.09. The zero-order valence-corrected chi connectivity index (χ0v) is 18.3. The summed E-state index contributed by atoms with van der Waals surface area (Å²) in [5, 5.41) is 5.43. The maximum atomic E-state index is 11.8. The Kier molecular flexibility index (Phi) is 6.89. The molecular weight excluding hydrogens is 402 g/mol. The normalized spacial score (nSPS) is 11.1. The second kappa shape index (κ2) is 9.58. The first kappa shape index (κ1) is 21.6. The van der Waals surface area contributed by atoms with Gasteiger partial charge >= 0.3 is 6.09 Å². The summed E-state index contributed by atoms with van der Waals surface area (Å²) in [6.45, 7) is 6.22. The van der Waals surface area contributed by atoms with E-state index < -0.39 is 11.7 Å². The van der Waals surface area contributed by atoms with Gasteiger partial charge in [0.25, 0.3) is 0 Å². The molecule has 1 aromatic carbocycles. The molecule has 0 bridgehead atoms. The number of nitrogens with one attached hydrogen (secondary N) is 1. The number of rotatable bonds is 7. The molecule has 0 fully saturated rings. The third kappa shape index (κ3) is 6.18. The standard InChI is InChI=1S/C22H25N3O4S.H2/c1-22(2,3)29-21(26)24-12-20-25-18(14-30-20)17-6-5-16(11-19(17)27-4)28-13-15-7-9-23-10-8-15;/h5-11,14H,12-13H2,1-4H3,(H,24,26);1H. The number of aromatic nitrogens is 2. The van der Waals surface area contributed by atoms with E-state index in [0.717, 1.165) is 21.8 Å². The van der Waals surface area contributed by atoms with E-state index in [-0.39, 0.29) is 1.43 Å². The number of thiazole rings is 1. The molecule has 1 amide bonds. The lowest BCUT2D eigenvalue weighted by Crippen LogP contribution is -2.32. The van der Waals surface area contributed by atoms with Gasteiger partial charge < -0.3 is 19.5 Å². The lowest BCUT2D eigenvalue weighted by Gasteiger charge is -2.19. The summed E-state index contributed by atoms with van der Waals surface area (Å²) in [4.78, 5) is 20.4. The maximum absolute atomic E-state index is 11.8. The van der Waals surface area contributed by atoms with Gasteiger partial charge in [-0.05, 0) is 50.6 Å². The molecule has 0 saturated heterocycles. The van der Waals surface area contributed by atoms with Gasteiger partial charge in [-0.25, -0.2) is 9.78 Å². The fourth-order valence-corrected chi connectivity index (χ4v) is 3.33. The van der Waals surface area contributed by atoms with Crippen LogP contribution in [0.25, 0.3) is 11.3 Å². The summed E-state index contributed by atoms with van der Waals surface area (Å²) in [6.07, 6.45) is 3.01. The number of amides is 1. The van der Waals surface area contributed by atoms with Crippen molar-refractivity contribution in [1.82, 2.24) is 15.3 Å². The number of hydrogen-bond acceptors (Lipinski definition) is 7. The van der Waals surface area contributed by atoms with E-state index in [1.165, 1.54) is 11.3 Å². The first-order chi connectivity index (χ1) is 14.3. The molecule has 160 valence electrons. The lowest BCUT2D eigenvalue weighted by atomic mass is 10.1. The molecule has 0 saturated carbocycles. The Hall–Kier alpha value is -3.13. The van der Waals surface area contributed by atoms with Crippen molar-refractivity contribution in [3.8, 4) is 22.8 Å². The van der Waals surface area contributed by atoms with Crippen molar-refractivity contribution in [1.29, 1.82) is 0 Å². The van der Waals surface area contributed by atoms with Gasteiger partial charge in [-0.1, -0.05) is 0 Å². The van der Waals surface area contributed by atoms with Gasteiger partial charge in [0, 0.05) is 30.8 Å². The Labute approximate surface area is 181 Å². The van der Waals surface area contributed by atoms with E-state index in [2.05, 4.69) is 15.3 Å². The van der Waals surface area contributed by atoms with E-state index in [9.17, 15) is 4.79 Å². The molecule has 3 rings (SSSR count). The van der Waals surface area contributed by atoms with Crippen LogP contribution in [0.4, 0.5) is 4.79 Å². The van der Waals surface area contributed by atoms with Crippen LogP contribution in [0.3, 0.4) is 0 Å². The summed E-state index contributed by atoms with van der Waals surface area (Å²) >= 11 is 1.46. The zero-order valence-electron chi connectivity index (χ0n) is 17.5. The Morgan fingerprint density at radius 3 is 2.67 bits per heavy atom. The quantitative estimate of drug-likeness (QED) is 0.565. The number of nitrogens with zero attached hydrogens (tertiary/aromatic N) is 2. The van der Waals surface area contributed by atoms with Crippen LogP contribution in [-0.2, 0) is 17.9 Å². The molecule has 0 aliphatic rings. The van der Waals surface area contributed by atoms with Crippen molar-refractivity contribution >= 4 is 17.4 Å². The van der Waals surface area contributed by atoms with E-state index in [4.69, 9.17) is 14.2 Å². The smallest absolute Gasteiger partial charge is 0.408 e. The van der Waals surface area contributed by atoms with Gasteiger partial charge in [-0.3, -0.25) is 4.98 Å². The van der Waals surface area contributed by atoms with Crippen LogP contribution in [0.5, 0.6) is 11.5 Å². The summed E-state index contributed by atoms with van der Waals surface area (Å²) in [7, 11) is 1.61. The van der Waals surface area contributed by atoms with Crippen LogP contribution in [-0.4, -0.2) is 28.8 Å². The molecule has 30 heavy (non-hydrogen) atoms. The van der Waals surface area contributed by atoms with Gasteiger partial charge in [0.15, 0.2) is 0 Å². The Morgan fingerprint density at radius 2 is 1.97 bits per heavy atom. The Morgan fingerprint density at radius 1 is 1.20 bits per heavy atom. The maximum Gasteiger partial charge on any atom is 0.408 e. The predicted octanol–water partition coefficient (Wildman–Crippen LogP) is 5.06. The van der Waals surface area contributed by atoms with Gasteiger partial charge in [0.05, 0.1) is 19.3 Å². The van der Waals surface area contributed by atoms with Gasteiger partial charge in [0.1, 0.15) is 28.7 Å². The van der Waals surface area contributed by atoms with Crippen molar-refractivity contribution in [3.05, 3.63) is 58.7 Å². The highest BCUT2D eigenvalue weighted by atomic mass is 32.1. The molecule has 7 nitrogen and oxygen atoms in total. The molecule has 0 spiro atoms. The van der Waals surface area contributed by atoms with Crippen LogP contribution in [0.1, 0.15) is 32.8 Å². The third-order valence-electron chi connectivity index (χ3n) is 3.94. The average molecular weight is 430 g/mol. The van der Waals surface area contributed by atoms with Crippen molar-refractivity contribution < 1.29 is 20.4 Å². The lowest BCUT2D eigenvalue weighted by molar-refractivity contribution is 0.0523. The van der Waals surface area contributed by atoms with E-state index in [0.29, 0.717) is 24.7 Å². The summed E-state index contributed by atoms with van der Waals surface area (Å²) < 4.78 is 16.6. The number of methoxy groups -OCH3 is 1. The van der Waals surface area contributed by atoms with Crippen LogP contribution < -0.4 is 14.8 Å². The van der Waals surface area contributed by atoms with Gasteiger partial charge in [-0.15, -0.1) is 11.3 Å². The second-order valence-corrected chi connectivity index (χ2v) is 8.43. The number of benzene rings is 1. The molecular formula is C22H27N3O4S. The topological polar surface area (TPSA) is 82.6 Å². The molecule has 3 aromatic rings. The average Bonchev–Trinajstić information content (AvgIpc) is 3.19. The molecule has 2 aromatic heterocycles. The third-order valence-corrected chi connectivity index (χ3v) is 4.79. The SMILES string of the molecule is COc1cc(OCc2ccncc2)ccc1-c1csc(CNC(=O)OC(C)(C)C)n1.[HH]. The number of hydrogen-bond donors (Lipinski definition) is 1. The highest BCUT2D eigenvalue weighted by Crippen LogP contribution is 2.34. The Balaban J connectivity index is 0.00000341. The first-order valence-electron chi connectivity index (χ1n) is 9.45. The van der Waals surface area contributed by atoms with Crippen LogP contribution in [0.15, 0.2) is 48.1 Å². The van der Waals surface area contributed by atoms with Crippen LogP contribution in [0.2, 0.25) is 0 Å². The first-order valence-corrected chi connectivity index (χ1v) is 10.3. The number of pyridine rings is 1. The van der Waals surface area contributed by atoms with Crippen molar-refractivity contribution in [2.45, 2.75) is 39.5 Å². The predicted molar refractivity (Wildman–Crippen MR) is 118 cm³/mol. The summed E-state index contributed by atoms with van der Waals surface area (Å²) in [6, 6.07) is 9.47. The number of carbonyl (C=O) groups excluding carboxylic acids is 1. The largest absolute Gasteiger partial charge is 0.496 e. The number of carbonyl (C=O) groups is 1. The molecule has 0 unspecified atom stereocenters. The monoisotopic (exact) mass is 429 g/mol. The van der Waals surface area contributed by atoms with E-state index in [1.54, 1.807) is 19.5 Å². The summed E-state index contributed by atoms with van der Waals surface area (Å²) in [5.41, 5.74) is 2.13. The van der Waals surface area contributed by atoms with Crippen LogP contribution in [0, 0.1) is 0 Å². The Bertz CT molecular complexity index is 990. The molecule has 1 N–H and O–H groups in total. The number of alkyl carbamates (subject to hydrolysis) is 1. The molecule has 0 atom stereocenters. The van der Waals surface area contributed by atoms with E-state index >= 15 is 0 Å². The molecule has 0 aliphatic heterocycles. The molecule has 0 radical (unpaired) electrons. The van der Waals surface area contributed by atoms with Crippen LogP contribution >= 0.6 is 11.3 Å². The summed E-state index contributed by atoms with van der Waals surface area (Å²) in [5.74, 6) is 1.37.